The molecule has 5 fully saturated rings. The van der Waals surface area contributed by atoms with E-state index in [1.807, 2.05) is 0 Å². The molecule has 2 heterocycles. The summed E-state index contributed by atoms with van der Waals surface area (Å²) in [6.07, 6.45) is 5.96. The fourth-order valence-electron chi connectivity index (χ4n) is 10.2. The summed E-state index contributed by atoms with van der Waals surface area (Å²) >= 11 is 0. The number of Topliss-reactive ketones (excluding diaryl/α,β-unsaturated/α-hetero) is 1. The quantitative estimate of drug-likeness (QED) is 0.385. The highest BCUT2D eigenvalue weighted by Crippen LogP contribution is 2.70. The second kappa shape index (κ2) is 10.4. The highest BCUT2D eigenvalue weighted by molar-refractivity contribution is 5.93. The molecule has 0 radical (unpaired) electrons. The van der Waals surface area contributed by atoms with Gasteiger partial charge in [-0.1, -0.05) is 13.8 Å². The van der Waals surface area contributed by atoms with E-state index in [1.165, 1.54) is 14.0 Å². The molecule has 0 aromatic carbocycles. The Morgan fingerprint density at radius 2 is 1.80 bits per heavy atom. The fourth-order valence-corrected chi connectivity index (χ4v) is 10.2. The average Bonchev–Trinajstić information content (AvgIpc) is 3.34. The lowest BCUT2D eigenvalue weighted by Crippen LogP contribution is -2.65. The maximum Gasteiger partial charge on any atom is 0.331 e. The van der Waals surface area contributed by atoms with E-state index in [0.29, 0.717) is 24.2 Å². The second-order valence-electron chi connectivity index (χ2n) is 14.2. The van der Waals surface area contributed by atoms with Gasteiger partial charge in [-0.2, -0.15) is 0 Å². The predicted molar refractivity (Wildman–Crippen MR) is 146 cm³/mol. The van der Waals surface area contributed by atoms with Crippen LogP contribution in [-0.4, -0.2) is 73.4 Å². The van der Waals surface area contributed by atoms with Crippen LogP contribution in [0, 0.1) is 34.0 Å². The Bertz CT molecular complexity index is 1120. The van der Waals surface area contributed by atoms with Crippen LogP contribution in [0.25, 0.3) is 0 Å². The summed E-state index contributed by atoms with van der Waals surface area (Å²) in [5.74, 6) is 0.538. The van der Waals surface area contributed by atoms with Gasteiger partial charge in [0.25, 0.3) is 0 Å². The summed E-state index contributed by atoms with van der Waals surface area (Å²) in [6.45, 7) is 7.99. The summed E-state index contributed by atoms with van der Waals surface area (Å²) in [5, 5.41) is 10.6. The van der Waals surface area contributed by atoms with E-state index in [0.717, 1.165) is 63.4 Å². The zero-order valence-electron chi connectivity index (χ0n) is 25.1. The van der Waals surface area contributed by atoms with Crippen molar-refractivity contribution in [1.82, 2.24) is 0 Å². The fraction of sp³-hybridized carbons (Fsp3) is 0.844. The number of methoxy groups -OCH3 is 1. The number of aliphatic hydroxyl groups is 1. The first-order valence-electron chi connectivity index (χ1n) is 15.5. The van der Waals surface area contributed by atoms with Crippen molar-refractivity contribution in [3.63, 3.8) is 0 Å². The minimum Gasteiger partial charge on any atom is -0.458 e. The van der Waals surface area contributed by atoms with E-state index in [4.69, 9.17) is 23.7 Å². The van der Waals surface area contributed by atoms with Crippen molar-refractivity contribution >= 4 is 17.7 Å². The standard InChI is InChI=1S/C32H46O9/c1-17-25(35)26(37-5)27(40-18(2)33)28(39-17)41-21-7-10-30(3)20(15-21)6-12-32-13-8-22(19-14-24(34)38-16-19)31(4,29(32)36)11-9-23(30)32/h14,17,20-23,25-28,35H,6-13,15-16H2,1-5H3/t17-,20+,21-,22+,23+,25-,26+,27-,28-,30-,31+,32+/m0/s1. The summed E-state index contributed by atoms with van der Waals surface area (Å²) < 4.78 is 28.8. The van der Waals surface area contributed by atoms with Gasteiger partial charge in [-0.25, -0.2) is 4.79 Å². The molecule has 9 nitrogen and oxygen atoms in total. The van der Waals surface area contributed by atoms with Crippen molar-refractivity contribution in [2.24, 2.45) is 34.0 Å². The number of ether oxygens (including phenoxy) is 5. The normalized spacial score (nSPS) is 49.4. The SMILES string of the molecule is CO[C@@H]1[C@@H](O)[C@H](C)O[C@@H](O[C@H]2CC[C@@]3(C)[C@H](CC[C@@]45CC[C@H](C6=CC(=O)OC6)[C@@](C)(CC[C@@H]43)C5=O)C2)[C@H]1OC(C)=O. The van der Waals surface area contributed by atoms with E-state index < -0.39 is 42.1 Å². The third-order valence-electron chi connectivity index (χ3n) is 12.2. The van der Waals surface area contributed by atoms with Crippen molar-refractivity contribution in [3.8, 4) is 0 Å². The molecule has 0 amide bonds. The molecule has 41 heavy (non-hydrogen) atoms. The van der Waals surface area contributed by atoms with Crippen molar-refractivity contribution in [3.05, 3.63) is 11.6 Å². The van der Waals surface area contributed by atoms with E-state index in [2.05, 4.69) is 13.8 Å². The first-order chi connectivity index (χ1) is 19.4. The van der Waals surface area contributed by atoms with Gasteiger partial charge >= 0.3 is 11.9 Å². The van der Waals surface area contributed by atoms with E-state index in [9.17, 15) is 19.5 Å². The van der Waals surface area contributed by atoms with Crippen molar-refractivity contribution in [2.45, 2.75) is 122 Å². The van der Waals surface area contributed by atoms with Crippen LogP contribution in [0.2, 0.25) is 0 Å². The molecular formula is C32H46O9. The number of aliphatic hydroxyl groups excluding tert-OH is 1. The molecule has 0 aromatic heterocycles. The zero-order chi connectivity index (χ0) is 29.3. The number of fused-ring (bicyclic) bond motifs is 3. The average molecular weight is 575 g/mol. The monoisotopic (exact) mass is 574 g/mol. The first-order valence-corrected chi connectivity index (χ1v) is 15.5. The highest BCUT2D eigenvalue weighted by Gasteiger charge is 2.68. The van der Waals surface area contributed by atoms with Gasteiger partial charge in [0.2, 0.25) is 0 Å². The molecular weight excluding hydrogens is 528 g/mol. The summed E-state index contributed by atoms with van der Waals surface area (Å²) in [6, 6.07) is 0. The Hall–Kier alpha value is -1.81. The Kier molecular flexibility index (Phi) is 7.44. The topological polar surface area (TPSA) is 118 Å². The highest BCUT2D eigenvalue weighted by atomic mass is 16.7. The lowest BCUT2D eigenvalue weighted by Gasteiger charge is -2.66. The van der Waals surface area contributed by atoms with Crippen molar-refractivity contribution in [1.29, 1.82) is 0 Å². The Balaban J connectivity index is 1.18. The molecule has 9 heteroatoms. The van der Waals surface area contributed by atoms with Crippen molar-refractivity contribution < 1.29 is 43.2 Å². The Labute approximate surface area is 242 Å². The van der Waals surface area contributed by atoms with Gasteiger partial charge < -0.3 is 28.8 Å². The zero-order valence-corrected chi connectivity index (χ0v) is 25.1. The molecule has 4 saturated carbocycles. The summed E-state index contributed by atoms with van der Waals surface area (Å²) in [7, 11) is 1.49. The number of ketones is 1. The smallest absolute Gasteiger partial charge is 0.331 e. The number of carbonyl (C=O) groups excluding carboxylic acids is 3. The van der Waals surface area contributed by atoms with Crippen LogP contribution in [0.3, 0.4) is 0 Å². The molecule has 228 valence electrons. The van der Waals surface area contributed by atoms with Crippen LogP contribution in [-0.2, 0) is 38.1 Å². The number of esters is 2. The lowest BCUT2D eigenvalue weighted by atomic mass is 9.37. The summed E-state index contributed by atoms with van der Waals surface area (Å²) in [5.41, 5.74) is 0.346. The van der Waals surface area contributed by atoms with Crippen LogP contribution in [0.15, 0.2) is 11.6 Å². The van der Waals surface area contributed by atoms with Gasteiger partial charge in [0.15, 0.2) is 12.4 Å². The molecule has 1 N–H and O–H groups in total. The molecule has 0 aromatic rings. The third kappa shape index (κ3) is 4.52. The van der Waals surface area contributed by atoms with Gasteiger partial charge in [0, 0.05) is 30.9 Å². The molecule has 1 spiro atoms. The number of rotatable bonds is 5. The molecule has 12 atom stereocenters. The molecule has 6 rings (SSSR count). The number of hydrogen-bond donors (Lipinski definition) is 1. The lowest BCUT2D eigenvalue weighted by molar-refractivity contribution is -0.315. The molecule has 4 aliphatic carbocycles. The van der Waals surface area contributed by atoms with E-state index in [1.54, 1.807) is 13.0 Å². The van der Waals surface area contributed by atoms with Gasteiger partial charge in [0.1, 0.15) is 24.6 Å². The second-order valence-corrected chi connectivity index (χ2v) is 14.2. The van der Waals surface area contributed by atoms with Gasteiger partial charge in [-0.15, -0.1) is 0 Å². The molecule has 6 aliphatic rings. The third-order valence-corrected chi connectivity index (χ3v) is 12.2. The van der Waals surface area contributed by atoms with Gasteiger partial charge in [-0.05, 0) is 93.5 Å². The summed E-state index contributed by atoms with van der Waals surface area (Å²) in [4.78, 5) is 38.2. The maximum atomic E-state index is 14.5. The van der Waals surface area contributed by atoms with Crippen LogP contribution in [0.4, 0.5) is 0 Å². The number of hydrogen-bond acceptors (Lipinski definition) is 9. The van der Waals surface area contributed by atoms with Crippen LogP contribution in [0.5, 0.6) is 0 Å². The Morgan fingerprint density at radius 1 is 1.05 bits per heavy atom. The van der Waals surface area contributed by atoms with Gasteiger partial charge in [-0.3, -0.25) is 9.59 Å². The van der Waals surface area contributed by atoms with Gasteiger partial charge in [0.05, 0.1) is 12.2 Å². The van der Waals surface area contributed by atoms with E-state index in [-0.39, 0.29) is 28.8 Å². The van der Waals surface area contributed by atoms with E-state index >= 15 is 0 Å². The minimum absolute atomic E-state index is 0.0505. The number of carbonyl (C=O) groups is 3. The number of cyclic esters (lactones) is 1. The largest absolute Gasteiger partial charge is 0.458 e. The van der Waals surface area contributed by atoms with Crippen LogP contribution in [0.1, 0.15) is 85.5 Å². The molecule has 2 aliphatic heterocycles. The molecule has 1 saturated heterocycles. The van der Waals surface area contributed by atoms with Crippen molar-refractivity contribution in [2.75, 3.05) is 13.7 Å². The first kappa shape index (κ1) is 29.3. The van der Waals surface area contributed by atoms with Crippen LogP contribution >= 0.6 is 0 Å². The molecule has 0 unspecified atom stereocenters. The van der Waals surface area contributed by atoms with Crippen LogP contribution < -0.4 is 0 Å². The Morgan fingerprint density at radius 3 is 2.49 bits per heavy atom. The minimum atomic E-state index is -0.934. The predicted octanol–water partition coefficient (Wildman–Crippen LogP) is 3.89. The molecule has 2 bridgehead atoms. The maximum absolute atomic E-state index is 14.5.